The fourth-order valence-corrected chi connectivity index (χ4v) is 2.68. The first-order chi connectivity index (χ1) is 12.5. The molecule has 0 aliphatic carbocycles. The van der Waals surface area contributed by atoms with Crippen LogP contribution in [0.2, 0.25) is 0 Å². The zero-order chi connectivity index (χ0) is 18.7. The van der Waals surface area contributed by atoms with Crippen LogP contribution in [0.15, 0.2) is 42.7 Å². The highest BCUT2D eigenvalue weighted by atomic mass is 16.6. The number of nitro benzene ring substituents is 1. The number of aryl methyl sites for hydroxylation is 1. The minimum atomic E-state index is -0.453. The number of nitro groups is 1. The second-order valence-corrected chi connectivity index (χ2v) is 5.67. The smallest absolute Gasteiger partial charge is 0.269 e. The molecule has 0 bridgehead atoms. The van der Waals surface area contributed by atoms with Crippen molar-refractivity contribution in [3.8, 4) is 5.69 Å². The van der Waals surface area contributed by atoms with E-state index in [0.717, 1.165) is 11.4 Å². The molecule has 0 atom stereocenters. The Morgan fingerprint density at radius 1 is 1.23 bits per heavy atom. The van der Waals surface area contributed by atoms with Crippen molar-refractivity contribution in [3.05, 3.63) is 69.8 Å². The monoisotopic (exact) mass is 354 g/mol. The summed E-state index contributed by atoms with van der Waals surface area (Å²) >= 11 is 0. The maximum atomic E-state index is 12.5. The Bertz CT molecular complexity index is 942. The quantitative estimate of drug-likeness (QED) is 0.538. The van der Waals surface area contributed by atoms with Gasteiger partial charge in [0.05, 0.1) is 40.3 Å². The second-order valence-electron chi connectivity index (χ2n) is 5.67. The maximum absolute atomic E-state index is 12.5. The highest BCUT2D eigenvalue weighted by Gasteiger charge is 2.18. The Morgan fingerprint density at radius 2 is 1.96 bits per heavy atom. The van der Waals surface area contributed by atoms with Crippen LogP contribution in [0.1, 0.15) is 28.7 Å². The summed E-state index contributed by atoms with van der Waals surface area (Å²) in [4.78, 5) is 22.9. The number of rotatable bonds is 6. The molecule has 0 aliphatic heterocycles. The first-order valence-corrected chi connectivity index (χ1v) is 8.08. The van der Waals surface area contributed by atoms with E-state index in [4.69, 9.17) is 0 Å². The third-order valence-corrected chi connectivity index (χ3v) is 4.11. The third-order valence-electron chi connectivity index (χ3n) is 4.11. The lowest BCUT2D eigenvalue weighted by Crippen LogP contribution is -2.25. The van der Waals surface area contributed by atoms with Crippen LogP contribution in [-0.4, -0.2) is 30.4 Å². The number of nitrogens with zero attached hydrogens (tertiary/aromatic N) is 5. The number of aromatic nitrogens is 4. The summed E-state index contributed by atoms with van der Waals surface area (Å²) in [6.45, 7) is 2.29. The van der Waals surface area contributed by atoms with Gasteiger partial charge in [-0.3, -0.25) is 19.6 Å². The molecule has 9 heteroatoms. The van der Waals surface area contributed by atoms with Gasteiger partial charge in [-0.05, 0) is 24.6 Å². The van der Waals surface area contributed by atoms with Crippen LogP contribution in [0.25, 0.3) is 5.69 Å². The number of amides is 1. The predicted octanol–water partition coefficient (Wildman–Crippen LogP) is 2.01. The second kappa shape index (κ2) is 7.18. The van der Waals surface area contributed by atoms with Gasteiger partial charge in [0.25, 0.3) is 11.6 Å². The fourth-order valence-electron chi connectivity index (χ4n) is 2.68. The van der Waals surface area contributed by atoms with Gasteiger partial charge < -0.3 is 5.32 Å². The average Bonchev–Trinajstić information content (AvgIpc) is 3.25. The Kier molecular flexibility index (Phi) is 4.78. The van der Waals surface area contributed by atoms with Crippen LogP contribution in [0.4, 0.5) is 5.69 Å². The summed E-state index contributed by atoms with van der Waals surface area (Å²) < 4.78 is 3.32. The predicted molar refractivity (Wildman–Crippen MR) is 94.0 cm³/mol. The molecule has 3 rings (SSSR count). The first kappa shape index (κ1) is 17.3. The van der Waals surface area contributed by atoms with E-state index in [-0.39, 0.29) is 11.6 Å². The van der Waals surface area contributed by atoms with E-state index in [2.05, 4.69) is 15.5 Å². The van der Waals surface area contributed by atoms with Crippen molar-refractivity contribution in [1.82, 2.24) is 24.9 Å². The molecule has 0 saturated carbocycles. The zero-order valence-corrected chi connectivity index (χ0v) is 14.4. The molecule has 0 spiro atoms. The molecule has 3 aromatic rings. The van der Waals surface area contributed by atoms with Gasteiger partial charge in [0, 0.05) is 25.4 Å². The Morgan fingerprint density at radius 3 is 2.54 bits per heavy atom. The Balaban J connectivity index is 1.82. The Labute approximate surface area is 149 Å². The minimum Gasteiger partial charge on any atom is -0.346 e. The number of hydrogen-bond acceptors (Lipinski definition) is 5. The van der Waals surface area contributed by atoms with Gasteiger partial charge in [-0.15, -0.1) is 0 Å². The first-order valence-electron chi connectivity index (χ1n) is 8.08. The average molecular weight is 354 g/mol. The lowest BCUT2D eigenvalue weighted by molar-refractivity contribution is -0.384. The van der Waals surface area contributed by atoms with Gasteiger partial charge in [-0.1, -0.05) is 6.92 Å². The van der Waals surface area contributed by atoms with Crippen molar-refractivity contribution >= 4 is 11.6 Å². The molecule has 0 fully saturated rings. The van der Waals surface area contributed by atoms with E-state index in [1.54, 1.807) is 27.7 Å². The van der Waals surface area contributed by atoms with Crippen LogP contribution >= 0.6 is 0 Å². The molecule has 0 aliphatic rings. The molecule has 9 nitrogen and oxygen atoms in total. The van der Waals surface area contributed by atoms with E-state index in [1.165, 1.54) is 18.3 Å². The molecule has 0 radical (unpaired) electrons. The van der Waals surface area contributed by atoms with Gasteiger partial charge in [0.15, 0.2) is 0 Å². The third kappa shape index (κ3) is 3.32. The highest BCUT2D eigenvalue weighted by molar-refractivity contribution is 5.95. The summed E-state index contributed by atoms with van der Waals surface area (Å²) in [6, 6.07) is 7.89. The SMILES string of the molecule is CCc1c(C(=O)NCc2ccnn2C)cnn1-c1ccc([N+](=O)[O-])cc1. The normalized spacial score (nSPS) is 10.7. The minimum absolute atomic E-state index is 0.00750. The molecule has 1 amide bonds. The molecule has 134 valence electrons. The van der Waals surface area contributed by atoms with Crippen molar-refractivity contribution in [2.45, 2.75) is 19.9 Å². The van der Waals surface area contributed by atoms with Crippen LogP contribution in [0.5, 0.6) is 0 Å². The number of hydrogen-bond donors (Lipinski definition) is 1. The van der Waals surface area contributed by atoms with Crippen molar-refractivity contribution in [3.63, 3.8) is 0 Å². The summed E-state index contributed by atoms with van der Waals surface area (Å²) in [5, 5.41) is 22.0. The van der Waals surface area contributed by atoms with Crippen molar-refractivity contribution in [1.29, 1.82) is 0 Å². The zero-order valence-electron chi connectivity index (χ0n) is 14.4. The molecule has 1 N–H and O–H groups in total. The van der Waals surface area contributed by atoms with Gasteiger partial charge in [-0.25, -0.2) is 4.68 Å². The molecule has 0 saturated heterocycles. The number of carbonyl (C=O) groups excluding carboxylic acids is 1. The lowest BCUT2D eigenvalue weighted by atomic mass is 10.2. The van der Waals surface area contributed by atoms with Crippen molar-refractivity contribution in [2.75, 3.05) is 0 Å². The Hall–Kier alpha value is -3.49. The molecule has 2 aromatic heterocycles. The van der Waals surface area contributed by atoms with E-state index in [9.17, 15) is 14.9 Å². The lowest BCUT2D eigenvalue weighted by Gasteiger charge is -2.09. The van der Waals surface area contributed by atoms with Gasteiger partial charge in [-0.2, -0.15) is 10.2 Å². The molecular weight excluding hydrogens is 336 g/mol. The number of non-ortho nitro benzene ring substituents is 1. The summed E-state index contributed by atoms with van der Waals surface area (Å²) in [5.41, 5.74) is 2.78. The van der Waals surface area contributed by atoms with E-state index < -0.39 is 4.92 Å². The van der Waals surface area contributed by atoms with Gasteiger partial charge >= 0.3 is 0 Å². The molecule has 2 heterocycles. The maximum Gasteiger partial charge on any atom is 0.269 e. The largest absolute Gasteiger partial charge is 0.346 e. The van der Waals surface area contributed by atoms with Crippen LogP contribution in [-0.2, 0) is 20.0 Å². The molecular formula is C17H18N6O3. The summed E-state index contributed by atoms with van der Waals surface area (Å²) in [6.07, 6.45) is 3.77. The van der Waals surface area contributed by atoms with E-state index >= 15 is 0 Å². The number of benzene rings is 1. The topological polar surface area (TPSA) is 108 Å². The van der Waals surface area contributed by atoms with Crippen LogP contribution in [0, 0.1) is 10.1 Å². The van der Waals surface area contributed by atoms with Gasteiger partial charge in [0.1, 0.15) is 0 Å². The highest BCUT2D eigenvalue weighted by Crippen LogP contribution is 2.19. The standard InChI is InChI=1S/C17H18N6O3/c1-3-16-15(17(24)18-10-14-8-9-19-21(14)2)11-20-22(16)12-4-6-13(7-5-12)23(25)26/h4-9,11H,3,10H2,1-2H3,(H,18,24). The van der Waals surface area contributed by atoms with Crippen molar-refractivity contribution in [2.24, 2.45) is 7.05 Å². The molecule has 26 heavy (non-hydrogen) atoms. The molecule has 1 aromatic carbocycles. The van der Waals surface area contributed by atoms with Gasteiger partial charge in [0.2, 0.25) is 0 Å². The van der Waals surface area contributed by atoms with Crippen LogP contribution in [0.3, 0.4) is 0 Å². The van der Waals surface area contributed by atoms with Crippen molar-refractivity contribution < 1.29 is 9.72 Å². The van der Waals surface area contributed by atoms with E-state index in [1.807, 2.05) is 20.0 Å². The number of nitrogens with one attached hydrogen (secondary N) is 1. The van der Waals surface area contributed by atoms with E-state index in [0.29, 0.717) is 24.2 Å². The summed E-state index contributed by atoms with van der Waals surface area (Å²) in [5.74, 6) is -0.226. The van der Waals surface area contributed by atoms with Crippen LogP contribution < -0.4 is 5.32 Å². The summed E-state index contributed by atoms with van der Waals surface area (Å²) in [7, 11) is 1.81. The number of carbonyl (C=O) groups is 1. The molecule has 0 unspecified atom stereocenters. The fraction of sp³-hybridized carbons (Fsp3) is 0.235.